The summed E-state index contributed by atoms with van der Waals surface area (Å²) >= 11 is 0. The fraction of sp³-hybridized carbons (Fsp3) is 1.00. The first kappa shape index (κ1) is 13.9. The molecule has 0 aliphatic rings. The van der Waals surface area contributed by atoms with Crippen LogP contribution in [-0.4, -0.2) is 29.8 Å². The summed E-state index contributed by atoms with van der Waals surface area (Å²) in [7, 11) is 0. The van der Waals surface area contributed by atoms with E-state index in [-0.39, 0.29) is 11.6 Å². The van der Waals surface area contributed by atoms with E-state index in [2.05, 4.69) is 19.2 Å². The van der Waals surface area contributed by atoms with Gasteiger partial charge in [-0.2, -0.15) is 0 Å². The lowest BCUT2D eigenvalue weighted by Crippen LogP contribution is -2.51. The summed E-state index contributed by atoms with van der Waals surface area (Å²) < 4.78 is 0. The van der Waals surface area contributed by atoms with Gasteiger partial charge in [0.25, 0.3) is 0 Å². The second-order valence-electron chi connectivity index (χ2n) is 5.02. The maximum Gasteiger partial charge on any atom is 0.0688 e. The van der Waals surface area contributed by atoms with Crippen LogP contribution in [0.4, 0.5) is 0 Å². The Morgan fingerprint density at radius 3 is 2.07 bits per heavy atom. The molecule has 0 fully saturated rings. The maximum atomic E-state index is 9.51. The van der Waals surface area contributed by atoms with Crippen LogP contribution in [0.1, 0.15) is 34.6 Å². The normalized spacial score (nSPS) is 17.1. The predicted octanol–water partition coefficient (Wildman–Crippen LogP) is 0.966. The van der Waals surface area contributed by atoms with E-state index in [4.69, 9.17) is 5.73 Å². The quantitative estimate of drug-likeness (QED) is 0.601. The van der Waals surface area contributed by atoms with Crippen LogP contribution in [0, 0.1) is 11.8 Å². The van der Waals surface area contributed by atoms with E-state index >= 15 is 0 Å². The number of hydrogen-bond acceptors (Lipinski definition) is 3. The largest absolute Gasteiger partial charge is 0.392 e. The molecule has 2 atom stereocenters. The maximum absolute atomic E-state index is 9.51. The first-order chi connectivity index (χ1) is 6.31. The van der Waals surface area contributed by atoms with Crippen molar-refractivity contribution in [3.8, 4) is 0 Å². The summed E-state index contributed by atoms with van der Waals surface area (Å²) in [4.78, 5) is 0. The molecule has 0 bridgehead atoms. The van der Waals surface area contributed by atoms with Gasteiger partial charge in [-0.3, -0.25) is 0 Å². The first-order valence-corrected chi connectivity index (χ1v) is 5.44. The number of nitrogens with two attached hydrogens (primary N) is 1. The molecule has 0 saturated heterocycles. The molecule has 0 aromatic rings. The van der Waals surface area contributed by atoms with Gasteiger partial charge < -0.3 is 16.2 Å². The van der Waals surface area contributed by atoms with Crippen LogP contribution in [0.15, 0.2) is 0 Å². The van der Waals surface area contributed by atoms with Gasteiger partial charge >= 0.3 is 0 Å². The summed E-state index contributed by atoms with van der Waals surface area (Å²) in [5, 5.41) is 12.9. The summed E-state index contributed by atoms with van der Waals surface area (Å²) in [5.74, 6) is 1.06. The lowest BCUT2D eigenvalue weighted by atomic mass is 9.93. The van der Waals surface area contributed by atoms with Crippen molar-refractivity contribution in [3.05, 3.63) is 0 Å². The second-order valence-corrected chi connectivity index (χ2v) is 5.02. The summed E-state index contributed by atoms with van der Waals surface area (Å²) in [5.41, 5.74) is 5.44. The van der Waals surface area contributed by atoms with E-state index in [1.165, 1.54) is 0 Å². The number of rotatable bonds is 6. The Hall–Kier alpha value is -0.120. The highest BCUT2D eigenvalue weighted by molar-refractivity contribution is 4.84. The van der Waals surface area contributed by atoms with Crippen molar-refractivity contribution in [3.63, 3.8) is 0 Å². The molecule has 0 spiro atoms. The Morgan fingerprint density at radius 2 is 1.79 bits per heavy atom. The summed E-state index contributed by atoms with van der Waals surface area (Å²) in [6.07, 6.45) is -0.354. The van der Waals surface area contributed by atoms with Crippen molar-refractivity contribution in [1.82, 2.24) is 5.32 Å². The summed E-state index contributed by atoms with van der Waals surface area (Å²) in [6.45, 7) is 11.7. The van der Waals surface area contributed by atoms with Gasteiger partial charge in [0.2, 0.25) is 0 Å². The molecule has 14 heavy (non-hydrogen) atoms. The molecule has 0 radical (unpaired) electrons. The second kappa shape index (κ2) is 5.69. The zero-order chi connectivity index (χ0) is 11.4. The van der Waals surface area contributed by atoms with E-state index < -0.39 is 0 Å². The van der Waals surface area contributed by atoms with Gasteiger partial charge in [0.1, 0.15) is 0 Å². The Morgan fingerprint density at radius 1 is 1.29 bits per heavy atom. The van der Waals surface area contributed by atoms with Crippen LogP contribution in [0.25, 0.3) is 0 Å². The van der Waals surface area contributed by atoms with E-state index in [1.54, 1.807) is 6.92 Å². The van der Waals surface area contributed by atoms with E-state index in [0.29, 0.717) is 18.4 Å². The number of hydrogen-bond donors (Lipinski definition) is 3. The Labute approximate surface area is 88.1 Å². The zero-order valence-corrected chi connectivity index (χ0v) is 10.2. The molecule has 0 amide bonds. The van der Waals surface area contributed by atoms with Gasteiger partial charge in [-0.1, -0.05) is 13.8 Å². The molecular formula is C11H26N2O. The molecule has 0 saturated carbocycles. The molecule has 2 unspecified atom stereocenters. The first-order valence-electron chi connectivity index (χ1n) is 5.44. The highest BCUT2D eigenvalue weighted by Gasteiger charge is 2.24. The van der Waals surface area contributed by atoms with Crippen molar-refractivity contribution >= 4 is 0 Å². The Bertz CT molecular complexity index is 155. The van der Waals surface area contributed by atoms with Crippen LogP contribution < -0.4 is 11.1 Å². The molecule has 3 heteroatoms. The minimum atomic E-state index is -0.354. The van der Waals surface area contributed by atoms with E-state index in [0.717, 1.165) is 6.54 Å². The molecule has 4 N–H and O–H groups in total. The van der Waals surface area contributed by atoms with Crippen LogP contribution in [0.3, 0.4) is 0 Å². The van der Waals surface area contributed by atoms with Crippen molar-refractivity contribution in [1.29, 1.82) is 0 Å². The third-order valence-electron chi connectivity index (χ3n) is 3.11. The Kier molecular flexibility index (Phi) is 5.64. The minimum absolute atomic E-state index is 0.234. The van der Waals surface area contributed by atoms with E-state index in [1.807, 2.05) is 13.8 Å². The molecule has 0 aromatic carbocycles. The fourth-order valence-electron chi connectivity index (χ4n) is 1.13. The smallest absolute Gasteiger partial charge is 0.0688 e. The van der Waals surface area contributed by atoms with Crippen LogP contribution in [0.2, 0.25) is 0 Å². The van der Waals surface area contributed by atoms with Crippen molar-refractivity contribution < 1.29 is 5.11 Å². The predicted molar refractivity (Wildman–Crippen MR) is 61.1 cm³/mol. The lowest BCUT2D eigenvalue weighted by molar-refractivity contribution is 0.0918. The van der Waals surface area contributed by atoms with Gasteiger partial charge in [-0.05, 0) is 45.7 Å². The molecule has 0 heterocycles. The molecule has 3 nitrogen and oxygen atoms in total. The van der Waals surface area contributed by atoms with Gasteiger partial charge in [0.15, 0.2) is 0 Å². The van der Waals surface area contributed by atoms with Crippen LogP contribution >= 0.6 is 0 Å². The zero-order valence-electron chi connectivity index (χ0n) is 10.2. The molecule has 0 aliphatic heterocycles. The van der Waals surface area contributed by atoms with Gasteiger partial charge in [0, 0.05) is 5.54 Å². The highest BCUT2D eigenvalue weighted by atomic mass is 16.3. The number of aliphatic hydroxyl groups is 1. The molecular weight excluding hydrogens is 176 g/mol. The minimum Gasteiger partial charge on any atom is -0.392 e. The summed E-state index contributed by atoms with van der Waals surface area (Å²) in [6, 6.07) is 0. The highest BCUT2D eigenvalue weighted by Crippen LogP contribution is 2.12. The third-order valence-corrected chi connectivity index (χ3v) is 3.11. The molecule has 0 aliphatic carbocycles. The monoisotopic (exact) mass is 202 g/mol. The standard InChI is InChI=1S/C11H26N2O/c1-8(2)10(6-12)7-13-11(4,5)9(3)14/h8-10,13-14H,6-7,12H2,1-5H3. The average Bonchev–Trinajstić information content (AvgIpc) is 2.04. The topological polar surface area (TPSA) is 58.3 Å². The van der Waals surface area contributed by atoms with Gasteiger partial charge in [-0.15, -0.1) is 0 Å². The van der Waals surface area contributed by atoms with Crippen LogP contribution in [0.5, 0.6) is 0 Å². The van der Waals surface area contributed by atoms with Gasteiger partial charge in [0.05, 0.1) is 6.10 Å². The van der Waals surface area contributed by atoms with Gasteiger partial charge in [-0.25, -0.2) is 0 Å². The molecule has 0 rings (SSSR count). The fourth-order valence-corrected chi connectivity index (χ4v) is 1.13. The van der Waals surface area contributed by atoms with Crippen molar-refractivity contribution in [2.75, 3.05) is 13.1 Å². The SMILES string of the molecule is CC(C)C(CN)CNC(C)(C)C(C)O. The lowest BCUT2D eigenvalue weighted by Gasteiger charge is -2.32. The number of nitrogens with one attached hydrogen (secondary N) is 1. The number of aliphatic hydroxyl groups excluding tert-OH is 1. The third kappa shape index (κ3) is 4.40. The van der Waals surface area contributed by atoms with Crippen molar-refractivity contribution in [2.24, 2.45) is 17.6 Å². The Balaban J connectivity index is 4.02. The molecule has 0 aromatic heterocycles. The molecule has 86 valence electrons. The van der Waals surface area contributed by atoms with Crippen molar-refractivity contribution in [2.45, 2.75) is 46.3 Å². The van der Waals surface area contributed by atoms with E-state index in [9.17, 15) is 5.11 Å². The van der Waals surface area contributed by atoms with Crippen LogP contribution in [-0.2, 0) is 0 Å². The average molecular weight is 202 g/mol.